The Kier molecular flexibility index (Phi) is 29.8. The molecular weight excluding hydrogens is 227 g/mol. The van der Waals surface area contributed by atoms with Crippen LogP contribution in [0.25, 0.3) is 0 Å². The summed E-state index contributed by atoms with van der Waals surface area (Å²) in [5.74, 6) is -3.00. The second-order valence-corrected chi connectivity index (χ2v) is 1.50. The molecule has 0 bridgehead atoms. The van der Waals surface area contributed by atoms with Gasteiger partial charge in [0, 0.05) is 18.9 Å². The zero-order valence-electron chi connectivity index (χ0n) is 7.30. The van der Waals surface area contributed by atoms with Crippen LogP contribution in [0.5, 0.6) is 0 Å². The van der Waals surface area contributed by atoms with E-state index in [1.807, 2.05) is 0 Å². The summed E-state index contributed by atoms with van der Waals surface area (Å²) in [6.45, 7) is 3.03. The summed E-state index contributed by atoms with van der Waals surface area (Å²) in [5, 5.41) is 25.2. The first kappa shape index (κ1) is 22.7. The van der Waals surface area contributed by atoms with Crippen molar-refractivity contribution in [2.24, 2.45) is 0 Å². The number of carbonyl (C=O) groups is 3. The van der Waals surface area contributed by atoms with Gasteiger partial charge in [0.1, 0.15) is 0 Å². The van der Waals surface area contributed by atoms with Gasteiger partial charge in [-0.05, 0) is 13.8 Å². The van der Waals surface area contributed by atoms with Gasteiger partial charge in [0.15, 0.2) is 0 Å². The van der Waals surface area contributed by atoms with Gasteiger partial charge in [-0.3, -0.25) is 4.79 Å². The topological polar surface area (TPSA) is 118 Å². The third-order valence-electron chi connectivity index (χ3n) is 0. The van der Waals surface area contributed by atoms with E-state index in [-0.39, 0.29) is 16.5 Å². The number of rotatable bonds is 0. The van der Waals surface area contributed by atoms with Gasteiger partial charge >= 0.3 is 16.5 Å². The van der Waals surface area contributed by atoms with Gasteiger partial charge in [-0.15, -0.1) is 0 Å². The number of carboxylic acid groups (broad SMARTS) is 3. The molecular formula is C6H10NiO6. The first-order valence-electron chi connectivity index (χ1n) is 2.74. The molecule has 0 aliphatic carbocycles. The van der Waals surface area contributed by atoms with Crippen LogP contribution in [0.4, 0.5) is 0 Å². The van der Waals surface area contributed by atoms with Crippen molar-refractivity contribution in [2.45, 2.75) is 20.8 Å². The number of aliphatic carboxylic acids is 3. The van der Waals surface area contributed by atoms with Crippen LogP contribution in [0.1, 0.15) is 20.8 Å². The molecule has 0 saturated carbocycles. The average Bonchev–Trinajstić information content (AvgIpc) is 1.54. The summed E-state index contributed by atoms with van der Waals surface area (Å²) in [5.41, 5.74) is 0. The van der Waals surface area contributed by atoms with Gasteiger partial charge in [-0.2, -0.15) is 0 Å². The van der Waals surface area contributed by atoms with Gasteiger partial charge in [-0.25, -0.2) is 0 Å². The summed E-state index contributed by atoms with van der Waals surface area (Å²) in [4.78, 5) is 26.8. The van der Waals surface area contributed by atoms with Crippen LogP contribution in [0.2, 0.25) is 0 Å². The molecule has 80 valence electrons. The van der Waals surface area contributed by atoms with Gasteiger partial charge < -0.3 is 24.9 Å². The molecule has 7 heteroatoms. The Bertz CT molecular complexity index is 115. The molecule has 0 heterocycles. The SMILES string of the molecule is CC(=O)O.CC(=O)[O-].CC(=O)[O-].[Ni+2]. The molecule has 0 radical (unpaired) electrons. The molecule has 0 rings (SSSR count). The van der Waals surface area contributed by atoms with Crippen molar-refractivity contribution in [3.05, 3.63) is 0 Å². The number of hydrogen-bond acceptors (Lipinski definition) is 5. The van der Waals surface area contributed by atoms with E-state index in [9.17, 15) is 0 Å². The first-order chi connectivity index (χ1) is 5.20. The van der Waals surface area contributed by atoms with Crippen LogP contribution in [0.15, 0.2) is 0 Å². The van der Waals surface area contributed by atoms with Crippen LogP contribution in [0, 0.1) is 0 Å². The Morgan fingerprint density at radius 2 is 0.923 bits per heavy atom. The molecule has 0 spiro atoms. The van der Waals surface area contributed by atoms with Crippen molar-refractivity contribution in [1.82, 2.24) is 0 Å². The van der Waals surface area contributed by atoms with Gasteiger partial charge in [-0.1, -0.05) is 0 Å². The fourth-order valence-electron chi connectivity index (χ4n) is 0. The summed E-state index contributed by atoms with van der Waals surface area (Å²) in [7, 11) is 0. The van der Waals surface area contributed by atoms with Crippen LogP contribution >= 0.6 is 0 Å². The molecule has 0 fully saturated rings. The Labute approximate surface area is 85.5 Å². The second-order valence-electron chi connectivity index (χ2n) is 1.50. The van der Waals surface area contributed by atoms with E-state index in [1.54, 1.807) is 0 Å². The van der Waals surface area contributed by atoms with E-state index in [0.29, 0.717) is 0 Å². The van der Waals surface area contributed by atoms with E-state index in [1.165, 1.54) is 0 Å². The molecule has 0 aliphatic rings. The molecule has 0 aromatic heterocycles. The van der Waals surface area contributed by atoms with E-state index in [0.717, 1.165) is 20.8 Å². The predicted octanol–water partition coefficient (Wildman–Crippen LogP) is -2.40. The minimum absolute atomic E-state index is 0. The molecule has 0 amide bonds. The van der Waals surface area contributed by atoms with Gasteiger partial charge in [0.05, 0.1) is 0 Å². The molecule has 0 saturated heterocycles. The van der Waals surface area contributed by atoms with Crippen molar-refractivity contribution >= 4 is 17.9 Å². The average molecular weight is 237 g/mol. The maximum atomic E-state index is 9.00. The molecule has 1 N–H and O–H groups in total. The van der Waals surface area contributed by atoms with E-state index in [2.05, 4.69) is 0 Å². The monoisotopic (exact) mass is 236 g/mol. The number of carbonyl (C=O) groups excluding carboxylic acids is 2. The summed E-state index contributed by atoms with van der Waals surface area (Å²) in [6, 6.07) is 0. The quantitative estimate of drug-likeness (QED) is 0.469. The van der Waals surface area contributed by atoms with Gasteiger partial charge in [0.2, 0.25) is 0 Å². The van der Waals surface area contributed by atoms with Crippen molar-refractivity contribution in [2.75, 3.05) is 0 Å². The van der Waals surface area contributed by atoms with Crippen molar-refractivity contribution in [3.63, 3.8) is 0 Å². The molecule has 0 aromatic rings. The largest absolute Gasteiger partial charge is 2.00 e. The fourth-order valence-corrected chi connectivity index (χ4v) is 0. The van der Waals surface area contributed by atoms with Gasteiger partial charge in [0.25, 0.3) is 5.97 Å². The summed E-state index contributed by atoms with van der Waals surface area (Å²) >= 11 is 0. The number of hydrogen-bond donors (Lipinski definition) is 1. The Hall–Kier alpha value is -1.10. The van der Waals surface area contributed by atoms with Crippen molar-refractivity contribution in [1.29, 1.82) is 0 Å². The van der Waals surface area contributed by atoms with E-state index >= 15 is 0 Å². The summed E-state index contributed by atoms with van der Waals surface area (Å²) in [6.07, 6.45) is 0. The summed E-state index contributed by atoms with van der Waals surface area (Å²) < 4.78 is 0. The molecule has 0 aliphatic heterocycles. The van der Waals surface area contributed by atoms with Crippen LogP contribution in [0.3, 0.4) is 0 Å². The Morgan fingerprint density at radius 3 is 0.923 bits per heavy atom. The minimum atomic E-state index is -1.08. The maximum Gasteiger partial charge on any atom is 2.00 e. The van der Waals surface area contributed by atoms with Crippen LogP contribution in [-0.4, -0.2) is 23.0 Å². The normalized spacial score (nSPS) is 5.77. The smallest absolute Gasteiger partial charge is 0.550 e. The zero-order chi connectivity index (χ0) is 10.7. The Morgan fingerprint density at radius 1 is 0.923 bits per heavy atom. The molecule has 0 atom stereocenters. The third kappa shape index (κ3) is 719. The van der Waals surface area contributed by atoms with Crippen molar-refractivity contribution < 1.29 is 46.2 Å². The standard InChI is InChI=1S/3C2H4O2.Ni/c3*1-2(3)4;/h3*1H3,(H,3,4);/q;;;+2/p-2. The fraction of sp³-hybridized carbons (Fsp3) is 0.500. The molecule has 0 aromatic carbocycles. The minimum Gasteiger partial charge on any atom is -0.550 e. The Balaban J connectivity index is -0.0000000450. The maximum absolute atomic E-state index is 9.00. The molecule has 13 heavy (non-hydrogen) atoms. The van der Waals surface area contributed by atoms with E-state index in [4.69, 9.17) is 29.7 Å². The third-order valence-corrected chi connectivity index (χ3v) is 0. The zero-order valence-corrected chi connectivity index (χ0v) is 8.29. The van der Waals surface area contributed by atoms with E-state index < -0.39 is 17.9 Å². The predicted molar refractivity (Wildman–Crippen MR) is 34.7 cm³/mol. The first-order valence-corrected chi connectivity index (χ1v) is 2.74. The van der Waals surface area contributed by atoms with Crippen LogP contribution < -0.4 is 10.2 Å². The van der Waals surface area contributed by atoms with Crippen molar-refractivity contribution in [3.8, 4) is 0 Å². The second kappa shape index (κ2) is 17.1. The van der Waals surface area contributed by atoms with Crippen LogP contribution in [-0.2, 0) is 30.9 Å². The molecule has 0 unspecified atom stereocenters. The molecule has 6 nitrogen and oxygen atoms in total. The number of carboxylic acids is 3.